The second-order valence-corrected chi connectivity index (χ2v) is 35.9. The van der Waals surface area contributed by atoms with Gasteiger partial charge in [-0.1, -0.05) is 296 Å². The van der Waals surface area contributed by atoms with Crippen LogP contribution in [-0.2, 0) is 0 Å². The van der Waals surface area contributed by atoms with E-state index in [9.17, 15) is 5.11 Å². The summed E-state index contributed by atoms with van der Waals surface area (Å²) < 4.78 is 17.7. The Morgan fingerprint density at radius 2 is 0.664 bits per heavy atom. The predicted molar refractivity (Wildman–Crippen MR) is 495 cm³/mol. The van der Waals surface area contributed by atoms with Gasteiger partial charge in [-0.25, -0.2) is 0 Å². The van der Waals surface area contributed by atoms with Crippen molar-refractivity contribution in [2.24, 2.45) is 0 Å². The molecule has 107 heavy (non-hydrogen) atoms. The number of rotatable bonds is 12. The molecule has 4 N–H and O–H groups in total. The number of ether oxygens (including phenoxy) is 3. The van der Waals surface area contributed by atoms with Gasteiger partial charge in [0.2, 0.25) is 0 Å². The monoisotopic (exact) mass is 2000 g/mol. The molecule has 0 saturated heterocycles. The Morgan fingerprint density at radius 1 is 0.364 bits per heavy atom. The number of thiol groups is 1. The largest absolute Gasteiger partial charge is 0.507 e. The van der Waals surface area contributed by atoms with Gasteiger partial charge in [0, 0.05) is 54.3 Å². The van der Waals surface area contributed by atoms with Crippen molar-refractivity contribution in [2.75, 3.05) is 26.3 Å². The maximum absolute atomic E-state index is 10.2. The Labute approximate surface area is 724 Å². The minimum absolute atomic E-state index is 0. The van der Waals surface area contributed by atoms with Crippen LogP contribution in [0.15, 0.2) is 298 Å². The highest BCUT2D eigenvalue weighted by Gasteiger charge is 2.14. The molecule has 0 aromatic heterocycles. The average Bonchev–Trinajstić information content (AvgIpc) is 0.823. The minimum Gasteiger partial charge on any atom is -0.507 e. The predicted octanol–water partition coefficient (Wildman–Crippen LogP) is 28.8. The molecule has 12 aromatic rings. The molecule has 0 heterocycles. The van der Waals surface area contributed by atoms with E-state index < -0.39 is 7.12 Å². The van der Waals surface area contributed by atoms with Gasteiger partial charge in [0.05, 0.1) is 36.4 Å². The lowest BCUT2D eigenvalue weighted by Gasteiger charge is -2.13. The Kier molecular flexibility index (Phi) is 47.1. The van der Waals surface area contributed by atoms with Gasteiger partial charge in [-0.15, -0.1) is 59.9 Å². The second kappa shape index (κ2) is 52.3. The highest BCUT2D eigenvalue weighted by molar-refractivity contribution is 14.1. The second-order valence-electron chi connectivity index (χ2n) is 22.7. The maximum atomic E-state index is 10.2. The quantitative estimate of drug-likeness (QED) is 0.0351. The van der Waals surface area contributed by atoms with Gasteiger partial charge in [0.1, 0.15) is 28.7 Å². The van der Waals surface area contributed by atoms with Crippen molar-refractivity contribution < 1.29 is 34.5 Å². The molecule has 0 aliphatic carbocycles. The van der Waals surface area contributed by atoms with E-state index in [0.29, 0.717) is 37.8 Å². The van der Waals surface area contributed by atoms with Crippen molar-refractivity contribution in [3.05, 3.63) is 323 Å². The SMILES string of the molecule is BrB(Br)Br.C.CI.COc1ccc(Br)cc1Cl.COc1ccc(Sc2c(C)cccc2C)cc1-c1ccccc1.COc1ccc(Sc2c(C)cccc2C)cc1Cl.Cc1cccc(C)c1S.Cc1cccc(C)c1Sc1ccc(O)c(-c2ccccc2)c1.OB(O)c1ccccc1.Oc1ccc(Br)cc1Cl. The fraction of sp³-hybridized carbons (Fsp3) is 0.153. The first-order valence-corrected chi connectivity index (χ1v) is 42.9. The zero-order valence-electron chi connectivity index (χ0n) is 60.5. The summed E-state index contributed by atoms with van der Waals surface area (Å²) in [6.45, 7) is 17.0. The third kappa shape index (κ3) is 34.3. The summed E-state index contributed by atoms with van der Waals surface area (Å²) in [6.07, 6.45) is 0. The number of aromatic hydroxyl groups is 2. The number of benzene rings is 12. The van der Waals surface area contributed by atoms with Crippen LogP contribution in [0.1, 0.15) is 51.9 Å². The highest BCUT2D eigenvalue weighted by Crippen LogP contribution is 2.41. The number of alkyl halides is 1. The number of aryl methyl sites for hydroxylation is 8. The maximum Gasteiger partial charge on any atom is 0.488 e. The van der Waals surface area contributed by atoms with Gasteiger partial charge in [-0.05, 0) is 212 Å². The number of halogens is 9. The molecule has 22 heteroatoms. The Hall–Kier alpha value is -4.91. The Balaban J connectivity index is 0.000000330. The summed E-state index contributed by atoms with van der Waals surface area (Å²) >= 11 is 45.0. The number of phenols is 2. The molecule has 7 nitrogen and oxygen atoms in total. The van der Waals surface area contributed by atoms with Crippen LogP contribution in [0.5, 0.6) is 28.7 Å². The fourth-order valence-corrected chi connectivity index (χ4v) is 14.4. The summed E-state index contributed by atoms with van der Waals surface area (Å²) in [5, 5.41) is 37.8. The van der Waals surface area contributed by atoms with Gasteiger partial charge in [0.25, 0.3) is 0 Å². The van der Waals surface area contributed by atoms with Gasteiger partial charge >= 0.3 is 10.3 Å². The lowest BCUT2D eigenvalue weighted by atomic mass is 9.81. The van der Waals surface area contributed by atoms with Crippen LogP contribution in [0, 0.1) is 55.4 Å². The average molecular weight is 2000 g/mol. The van der Waals surface area contributed by atoms with E-state index in [1.54, 1.807) is 93.4 Å². The van der Waals surface area contributed by atoms with Gasteiger partial charge in [-0.3, -0.25) is 0 Å². The van der Waals surface area contributed by atoms with E-state index in [1.165, 1.54) is 75.7 Å². The molecular weight excluding hydrogens is 1920 g/mol. The summed E-state index contributed by atoms with van der Waals surface area (Å²) in [4.78, 5) is 10.5. The molecule has 562 valence electrons. The van der Waals surface area contributed by atoms with Crippen LogP contribution in [0.3, 0.4) is 0 Å². The third-order valence-corrected chi connectivity index (χ3v) is 21.5. The summed E-state index contributed by atoms with van der Waals surface area (Å²) in [7, 11) is 3.60. The van der Waals surface area contributed by atoms with Gasteiger partial charge in [-0.2, -0.15) is 0 Å². The first-order chi connectivity index (χ1) is 50.6. The number of hydrogen-bond donors (Lipinski definition) is 5. The number of phenolic OH excluding ortho intramolecular Hbond substituents is 2. The van der Waals surface area contributed by atoms with E-state index in [4.69, 9.17) is 64.2 Å². The van der Waals surface area contributed by atoms with Crippen LogP contribution in [0.4, 0.5) is 0 Å². The van der Waals surface area contributed by atoms with Crippen LogP contribution in [0.2, 0.25) is 15.1 Å². The lowest BCUT2D eigenvalue weighted by molar-refractivity contribution is 0.414. The summed E-state index contributed by atoms with van der Waals surface area (Å²) in [6, 6.07) is 82.8. The molecule has 0 bridgehead atoms. The normalized spacial score (nSPS) is 9.79. The zero-order chi connectivity index (χ0) is 78.4. The van der Waals surface area contributed by atoms with Crippen molar-refractivity contribution in [1.29, 1.82) is 0 Å². The first kappa shape index (κ1) is 96.3. The third-order valence-electron chi connectivity index (χ3n) is 14.9. The van der Waals surface area contributed by atoms with Crippen LogP contribution < -0.4 is 19.7 Å². The zero-order valence-corrected chi connectivity index (χ0v) is 76.2. The van der Waals surface area contributed by atoms with Crippen molar-refractivity contribution in [1.82, 2.24) is 0 Å². The van der Waals surface area contributed by atoms with Crippen molar-refractivity contribution in [3.8, 4) is 51.0 Å². The molecule has 0 aliphatic rings. The molecule has 0 radical (unpaired) electrons. The molecule has 12 aromatic carbocycles. The standard InChI is InChI=1S/C21H20OS.C20H18OS.C15H15ClOS.C8H10S.C7H6BrClO.C6H7BO2.C6H4BrClO.CH3I.CH4.BBr3/c1-15-8-7-9-16(2)21(15)23-18-12-13-20(22-3)19(14-18)17-10-5-4-6-11-17;1-14-7-6-8-15(2)20(14)22-17-11-12-19(21)18(13-17)16-9-4-3-5-10-16;1-10-5-4-6-11(2)15(10)18-12-7-8-14(17-3)13(16)9-12;1-6-4-3-5-7(2)8(6)9;1-10-7-3-2-5(8)4-6(7)9;8-7(9)6-4-2-1-3-5-6;7-4-1-2-6(9)5(8)3-4;1-2;;2-1(3)4/h4-14H,1-3H3;3-13,21H,1-2H3;4-9H,1-3H3;3-5,9H,1-2H3;2-4H,1H3;1-5,8-9H;1-3,9H;1H3;1H4;. The number of methoxy groups -OCH3 is 3. The van der Waals surface area contributed by atoms with Gasteiger partial charge < -0.3 is 34.5 Å². The molecule has 12 rings (SSSR count). The Bertz CT molecular complexity index is 4560. The molecule has 0 spiro atoms. The molecule has 0 saturated carbocycles. The lowest BCUT2D eigenvalue weighted by Crippen LogP contribution is -2.29. The van der Waals surface area contributed by atoms with E-state index >= 15 is 0 Å². The van der Waals surface area contributed by atoms with Crippen LogP contribution in [0.25, 0.3) is 22.3 Å². The van der Waals surface area contributed by atoms with Crippen LogP contribution >= 0.6 is 184 Å². The summed E-state index contributed by atoms with van der Waals surface area (Å²) in [5.74, 6) is 2.74. The molecule has 0 unspecified atom stereocenters. The smallest absolute Gasteiger partial charge is 0.488 e. The van der Waals surface area contributed by atoms with Crippen molar-refractivity contribution >= 4 is 200 Å². The molecular formula is C85H87B2Br5Cl3IO7S4. The highest BCUT2D eigenvalue weighted by atomic mass is 127. The van der Waals surface area contributed by atoms with Crippen molar-refractivity contribution in [3.63, 3.8) is 0 Å². The molecule has 0 fully saturated rings. The van der Waals surface area contributed by atoms with Crippen LogP contribution in [-0.4, -0.2) is 56.8 Å². The van der Waals surface area contributed by atoms with E-state index in [0.717, 1.165) is 46.1 Å². The molecule has 0 atom stereocenters. The fourth-order valence-electron chi connectivity index (χ4n) is 9.52. The minimum atomic E-state index is -1.34. The number of hydrogen-bond acceptors (Lipinski definition) is 11. The Morgan fingerprint density at radius 3 is 1.00 bits per heavy atom. The van der Waals surface area contributed by atoms with E-state index in [1.807, 2.05) is 102 Å². The first-order valence-electron chi connectivity index (χ1n) is 32.4. The summed E-state index contributed by atoms with van der Waals surface area (Å²) in [5.41, 5.74) is 15.0. The van der Waals surface area contributed by atoms with E-state index in [-0.39, 0.29) is 16.4 Å². The topological polar surface area (TPSA) is 109 Å². The van der Waals surface area contributed by atoms with E-state index in [2.05, 4.69) is 285 Å². The molecule has 0 aliphatic heterocycles. The molecule has 0 amide bonds. The van der Waals surface area contributed by atoms with Crippen molar-refractivity contribution in [2.45, 2.75) is 97.1 Å². The van der Waals surface area contributed by atoms with Gasteiger partial charge in [0.15, 0.2) is 0 Å².